The normalized spacial score (nSPS) is 15.7. The minimum absolute atomic E-state index is 0.0405. The molecular formula is C20H22N4O4S2. The predicted molar refractivity (Wildman–Crippen MR) is 117 cm³/mol. The van der Waals surface area contributed by atoms with Gasteiger partial charge in [0.05, 0.1) is 26.8 Å². The van der Waals surface area contributed by atoms with Crippen molar-refractivity contribution in [2.24, 2.45) is 5.92 Å². The van der Waals surface area contributed by atoms with Crippen molar-refractivity contribution in [2.45, 2.75) is 26.2 Å². The van der Waals surface area contributed by atoms with Crippen LogP contribution in [-0.2, 0) is 27.2 Å². The van der Waals surface area contributed by atoms with Gasteiger partial charge >= 0.3 is 0 Å². The number of fused-ring (bicyclic) bond motifs is 1. The number of benzene rings is 1. The molecule has 8 nitrogen and oxygen atoms in total. The van der Waals surface area contributed by atoms with E-state index in [1.165, 1.54) is 11.3 Å². The van der Waals surface area contributed by atoms with Gasteiger partial charge in [-0.1, -0.05) is 30.4 Å². The van der Waals surface area contributed by atoms with Crippen LogP contribution in [0.4, 0.5) is 5.13 Å². The van der Waals surface area contributed by atoms with Crippen LogP contribution >= 0.6 is 22.7 Å². The summed E-state index contributed by atoms with van der Waals surface area (Å²) in [6.45, 7) is 2.76. The second kappa shape index (κ2) is 10.3. The van der Waals surface area contributed by atoms with Gasteiger partial charge in [0.25, 0.3) is 6.47 Å². The first-order valence-corrected chi connectivity index (χ1v) is 11.2. The minimum Gasteiger partial charge on any atom is -0.483 e. The number of aryl methyl sites for hydroxylation is 1. The highest BCUT2D eigenvalue weighted by molar-refractivity contribution is 7.22. The first-order valence-electron chi connectivity index (χ1n) is 9.50. The lowest BCUT2D eigenvalue weighted by Gasteiger charge is -2.13. The van der Waals surface area contributed by atoms with Gasteiger partial charge in [0.1, 0.15) is 0 Å². The van der Waals surface area contributed by atoms with E-state index in [1.54, 1.807) is 16.2 Å². The van der Waals surface area contributed by atoms with Crippen LogP contribution in [-0.4, -0.2) is 46.5 Å². The molecule has 0 bridgehead atoms. The summed E-state index contributed by atoms with van der Waals surface area (Å²) in [7, 11) is 0. The number of aromatic nitrogens is 2. The van der Waals surface area contributed by atoms with Gasteiger partial charge in [-0.2, -0.15) is 0 Å². The van der Waals surface area contributed by atoms with Crippen molar-refractivity contribution >= 4 is 56.3 Å². The lowest BCUT2D eigenvalue weighted by atomic mass is 10.1. The summed E-state index contributed by atoms with van der Waals surface area (Å²) in [4.78, 5) is 43.9. The molecule has 0 aliphatic carbocycles. The monoisotopic (exact) mass is 446 g/mol. The molecule has 0 radical (unpaired) electrons. The Morgan fingerprint density at radius 1 is 1.37 bits per heavy atom. The Morgan fingerprint density at radius 2 is 2.13 bits per heavy atom. The van der Waals surface area contributed by atoms with Gasteiger partial charge in [0.15, 0.2) is 5.13 Å². The molecule has 158 valence electrons. The molecule has 0 saturated carbocycles. The maximum atomic E-state index is 12.5. The van der Waals surface area contributed by atoms with Crippen LogP contribution < -0.4 is 10.2 Å². The maximum absolute atomic E-state index is 12.5. The lowest BCUT2D eigenvalue weighted by molar-refractivity contribution is -0.126. The van der Waals surface area contributed by atoms with Crippen molar-refractivity contribution in [3.05, 3.63) is 40.3 Å². The van der Waals surface area contributed by atoms with Gasteiger partial charge in [-0.15, -0.1) is 11.3 Å². The predicted octanol–water partition coefficient (Wildman–Crippen LogP) is 2.73. The third-order valence-corrected chi connectivity index (χ3v) is 6.69. The van der Waals surface area contributed by atoms with Crippen molar-refractivity contribution in [2.75, 3.05) is 18.0 Å². The second-order valence-electron chi connectivity index (χ2n) is 6.60. The highest BCUT2D eigenvalue weighted by Crippen LogP contribution is 2.32. The Balaban J connectivity index is 0.000000806. The molecule has 3 aromatic rings. The molecule has 1 atom stereocenters. The van der Waals surface area contributed by atoms with Crippen molar-refractivity contribution < 1.29 is 19.5 Å². The summed E-state index contributed by atoms with van der Waals surface area (Å²) in [5.74, 6) is -0.439. The van der Waals surface area contributed by atoms with Crippen LogP contribution in [0.15, 0.2) is 29.6 Å². The fraction of sp³-hybridized carbons (Fsp3) is 0.350. The molecule has 1 unspecified atom stereocenters. The highest BCUT2D eigenvalue weighted by atomic mass is 32.1. The van der Waals surface area contributed by atoms with Gasteiger partial charge in [-0.3, -0.25) is 19.3 Å². The number of carboxylic acid groups (broad SMARTS) is 1. The molecule has 2 N–H and O–H groups in total. The van der Waals surface area contributed by atoms with E-state index in [0.29, 0.717) is 24.6 Å². The first kappa shape index (κ1) is 21.8. The van der Waals surface area contributed by atoms with Crippen molar-refractivity contribution in [1.82, 2.24) is 15.3 Å². The largest absolute Gasteiger partial charge is 0.483 e. The molecule has 1 aliphatic heterocycles. The number of hydrogen-bond acceptors (Lipinski definition) is 7. The van der Waals surface area contributed by atoms with Crippen LogP contribution in [0.2, 0.25) is 0 Å². The molecule has 10 heteroatoms. The van der Waals surface area contributed by atoms with Crippen LogP contribution in [0.1, 0.15) is 24.0 Å². The summed E-state index contributed by atoms with van der Waals surface area (Å²) in [5, 5.41) is 13.7. The molecule has 2 aromatic heterocycles. The Labute approximate surface area is 181 Å². The van der Waals surface area contributed by atoms with Gasteiger partial charge in [0, 0.05) is 31.3 Å². The molecule has 30 heavy (non-hydrogen) atoms. The zero-order valence-corrected chi connectivity index (χ0v) is 18.0. The third-order valence-electron chi connectivity index (χ3n) is 4.59. The molecule has 0 spiro atoms. The standard InChI is InChI=1S/C19H20N4O2S2.CH2O2/c1-2-16-21-13(11-26-16)7-8-20-18(25)12-9-17(24)23(10-12)19-22-14-5-3-4-6-15(14)27-19;2-1-3/h3-6,11-12H,2,7-10H2,1H3,(H,20,25);1H,(H,2,3). The Bertz CT molecular complexity index is 1000. The number of hydrogen-bond donors (Lipinski definition) is 2. The van der Waals surface area contributed by atoms with Gasteiger partial charge in [-0.05, 0) is 18.6 Å². The van der Waals surface area contributed by atoms with Gasteiger partial charge in [-0.25, -0.2) is 9.97 Å². The van der Waals surface area contributed by atoms with Crippen molar-refractivity contribution in [3.63, 3.8) is 0 Å². The molecule has 1 aliphatic rings. The van der Waals surface area contributed by atoms with Crippen LogP contribution in [0.5, 0.6) is 0 Å². The quantitative estimate of drug-likeness (QED) is 0.563. The fourth-order valence-electron chi connectivity index (χ4n) is 3.13. The van der Waals surface area contributed by atoms with Gasteiger partial charge < -0.3 is 10.4 Å². The molecule has 3 heterocycles. The SMILES string of the molecule is CCc1nc(CCNC(=O)C2CC(=O)N(c3nc4ccccc4s3)C2)cs1.O=CO. The Hall–Kier alpha value is -2.85. The summed E-state index contributed by atoms with van der Waals surface area (Å²) >= 11 is 3.14. The smallest absolute Gasteiger partial charge is 0.290 e. The number of anilines is 1. The number of nitrogens with zero attached hydrogens (tertiary/aromatic N) is 3. The number of rotatable bonds is 6. The average molecular weight is 447 g/mol. The Kier molecular flexibility index (Phi) is 7.47. The Morgan fingerprint density at radius 3 is 2.83 bits per heavy atom. The van der Waals surface area contributed by atoms with E-state index in [0.717, 1.165) is 27.3 Å². The van der Waals surface area contributed by atoms with E-state index in [4.69, 9.17) is 9.90 Å². The number of amides is 2. The molecule has 1 fully saturated rings. The van der Waals surface area contributed by atoms with Crippen molar-refractivity contribution in [1.29, 1.82) is 0 Å². The number of para-hydroxylation sites is 1. The summed E-state index contributed by atoms with van der Waals surface area (Å²) in [6.07, 6.45) is 1.88. The van der Waals surface area contributed by atoms with E-state index in [9.17, 15) is 9.59 Å². The summed E-state index contributed by atoms with van der Waals surface area (Å²) in [6, 6.07) is 7.81. The maximum Gasteiger partial charge on any atom is 0.290 e. The molecule has 1 aromatic carbocycles. The second-order valence-corrected chi connectivity index (χ2v) is 8.55. The molecule has 2 amide bonds. The van der Waals surface area contributed by atoms with E-state index < -0.39 is 0 Å². The van der Waals surface area contributed by atoms with E-state index in [-0.39, 0.29) is 30.6 Å². The summed E-state index contributed by atoms with van der Waals surface area (Å²) < 4.78 is 1.04. The van der Waals surface area contributed by atoms with Gasteiger partial charge in [0.2, 0.25) is 11.8 Å². The van der Waals surface area contributed by atoms with Crippen LogP contribution in [0.3, 0.4) is 0 Å². The van der Waals surface area contributed by atoms with Crippen LogP contribution in [0.25, 0.3) is 10.2 Å². The van der Waals surface area contributed by atoms with Crippen LogP contribution in [0, 0.1) is 5.92 Å². The number of carbonyl (C=O) groups excluding carboxylic acids is 2. The van der Waals surface area contributed by atoms with E-state index in [1.807, 2.05) is 29.6 Å². The number of carbonyl (C=O) groups is 3. The molecular weight excluding hydrogens is 424 g/mol. The topological polar surface area (TPSA) is 112 Å². The average Bonchev–Trinajstić information content (AvgIpc) is 3.45. The zero-order valence-electron chi connectivity index (χ0n) is 16.4. The number of nitrogens with one attached hydrogen (secondary N) is 1. The first-order chi connectivity index (χ1) is 14.5. The summed E-state index contributed by atoms with van der Waals surface area (Å²) in [5.41, 5.74) is 1.89. The van der Waals surface area contributed by atoms with E-state index >= 15 is 0 Å². The highest BCUT2D eigenvalue weighted by Gasteiger charge is 2.36. The minimum atomic E-state index is -0.328. The van der Waals surface area contributed by atoms with Crippen molar-refractivity contribution in [3.8, 4) is 0 Å². The fourth-order valence-corrected chi connectivity index (χ4v) is 4.90. The number of thiazole rings is 2. The third kappa shape index (κ3) is 5.19. The lowest BCUT2D eigenvalue weighted by Crippen LogP contribution is -2.34. The molecule has 1 saturated heterocycles. The zero-order chi connectivity index (χ0) is 21.5. The molecule has 4 rings (SSSR count). The van der Waals surface area contributed by atoms with E-state index in [2.05, 4.69) is 22.2 Å².